The number of hydrogen-bond donors (Lipinski definition) is 2. The number of piperidine rings is 1. The number of anilines is 1. The predicted octanol–water partition coefficient (Wildman–Crippen LogP) is 3.55. The number of aromatic nitrogens is 3. The van der Waals surface area contributed by atoms with E-state index in [-0.39, 0.29) is 29.8 Å². The standard InChI is InChI=1S/C25H29N5O3/c1-14-15(2)26-21-13-19(28-30(21)24(14)31)20-9-5-6-12-29(20)25(32)17-7-3-4-8-18(17)27-23-22(33-23)16-10-11-16/h3-4,7-8,13,16,20,22-23,27-28H,5-6,9-12H2,1-2H3. The number of para-hydroxylation sites is 1. The quantitative estimate of drug-likeness (QED) is 0.583. The molecule has 1 saturated carbocycles. The Kier molecular flexibility index (Phi) is 4.79. The van der Waals surface area contributed by atoms with Gasteiger partial charge >= 0.3 is 0 Å². The van der Waals surface area contributed by atoms with Crippen LogP contribution in [0.4, 0.5) is 5.69 Å². The summed E-state index contributed by atoms with van der Waals surface area (Å²) in [6.45, 7) is 4.31. The third kappa shape index (κ3) is 3.62. The first kappa shape index (κ1) is 20.5. The molecule has 8 heteroatoms. The molecular formula is C25H29N5O3. The molecule has 2 N–H and O–H groups in total. The number of aryl methyl sites for hydroxylation is 1. The van der Waals surface area contributed by atoms with Crippen LogP contribution in [0.25, 0.3) is 5.65 Å². The topological polar surface area (TPSA) is 95.0 Å². The molecule has 3 aromatic rings. The summed E-state index contributed by atoms with van der Waals surface area (Å²) in [5.41, 5.74) is 4.19. The maximum absolute atomic E-state index is 13.8. The molecule has 0 radical (unpaired) electrons. The highest BCUT2D eigenvalue weighted by molar-refractivity contribution is 6.00. The van der Waals surface area contributed by atoms with Gasteiger partial charge in [0, 0.05) is 29.6 Å². The zero-order valence-electron chi connectivity index (χ0n) is 19.0. The third-order valence-electron chi connectivity index (χ3n) is 7.29. The largest absolute Gasteiger partial charge is 0.357 e. The molecule has 3 aliphatic rings. The molecule has 1 amide bonds. The van der Waals surface area contributed by atoms with Gasteiger partial charge in [-0.15, -0.1) is 0 Å². The zero-order valence-corrected chi connectivity index (χ0v) is 19.0. The molecule has 1 aromatic carbocycles. The van der Waals surface area contributed by atoms with Gasteiger partial charge in [0.15, 0.2) is 11.9 Å². The Morgan fingerprint density at radius 1 is 1.18 bits per heavy atom. The van der Waals surface area contributed by atoms with Crippen LogP contribution >= 0.6 is 0 Å². The van der Waals surface area contributed by atoms with E-state index in [0.717, 1.165) is 36.3 Å². The first-order valence-corrected chi connectivity index (χ1v) is 11.9. The van der Waals surface area contributed by atoms with Crippen molar-refractivity contribution in [2.75, 3.05) is 11.9 Å². The number of amides is 1. The summed E-state index contributed by atoms with van der Waals surface area (Å²) in [5, 5.41) is 6.67. The number of ether oxygens (including phenoxy) is 1. The summed E-state index contributed by atoms with van der Waals surface area (Å²) in [7, 11) is 0. The first-order chi connectivity index (χ1) is 16.0. The van der Waals surface area contributed by atoms with Crippen molar-refractivity contribution in [3.05, 3.63) is 63.2 Å². The predicted molar refractivity (Wildman–Crippen MR) is 124 cm³/mol. The molecule has 3 atom stereocenters. The number of benzene rings is 1. The van der Waals surface area contributed by atoms with E-state index in [0.29, 0.717) is 29.2 Å². The maximum atomic E-state index is 13.8. The SMILES string of the molecule is Cc1nc2cc(C3CCCCN3C(=O)c3ccccc3NC3OC3C3CC3)[nH]n2c(=O)c1C. The van der Waals surface area contributed by atoms with Gasteiger partial charge in [-0.1, -0.05) is 12.1 Å². The van der Waals surface area contributed by atoms with Crippen LogP contribution in [0.5, 0.6) is 0 Å². The molecule has 2 aromatic heterocycles. The van der Waals surface area contributed by atoms with Crippen LogP contribution < -0.4 is 10.9 Å². The molecule has 8 nitrogen and oxygen atoms in total. The van der Waals surface area contributed by atoms with Gasteiger partial charge in [-0.3, -0.25) is 14.7 Å². The van der Waals surface area contributed by atoms with E-state index in [2.05, 4.69) is 15.4 Å². The van der Waals surface area contributed by atoms with Gasteiger partial charge < -0.3 is 15.0 Å². The Morgan fingerprint density at radius 2 is 2.00 bits per heavy atom. The normalized spacial score (nSPS) is 24.8. The van der Waals surface area contributed by atoms with Gasteiger partial charge in [-0.05, 0) is 64.0 Å². The van der Waals surface area contributed by atoms with Gasteiger partial charge in [0.1, 0.15) is 6.10 Å². The lowest BCUT2D eigenvalue weighted by Crippen LogP contribution is -2.39. The summed E-state index contributed by atoms with van der Waals surface area (Å²) in [4.78, 5) is 33.0. The van der Waals surface area contributed by atoms with Gasteiger partial charge in [-0.25, -0.2) is 9.50 Å². The van der Waals surface area contributed by atoms with E-state index in [1.165, 1.54) is 17.4 Å². The number of epoxide rings is 1. The highest BCUT2D eigenvalue weighted by Crippen LogP contribution is 2.44. The highest BCUT2D eigenvalue weighted by atomic mass is 16.6. The van der Waals surface area contributed by atoms with Crippen molar-refractivity contribution in [2.45, 2.75) is 64.3 Å². The third-order valence-corrected chi connectivity index (χ3v) is 7.29. The Bertz CT molecular complexity index is 1290. The van der Waals surface area contributed by atoms with E-state index in [1.54, 1.807) is 6.92 Å². The van der Waals surface area contributed by atoms with Crippen LogP contribution in [0.15, 0.2) is 35.1 Å². The van der Waals surface area contributed by atoms with Crippen LogP contribution in [-0.2, 0) is 4.74 Å². The minimum Gasteiger partial charge on any atom is -0.357 e. The van der Waals surface area contributed by atoms with Crippen molar-refractivity contribution in [2.24, 2.45) is 5.92 Å². The monoisotopic (exact) mass is 447 g/mol. The van der Waals surface area contributed by atoms with Crippen molar-refractivity contribution >= 4 is 17.2 Å². The second-order valence-corrected chi connectivity index (χ2v) is 9.59. The molecule has 2 aliphatic heterocycles. The van der Waals surface area contributed by atoms with Gasteiger partial charge in [-0.2, -0.15) is 0 Å². The summed E-state index contributed by atoms with van der Waals surface area (Å²) >= 11 is 0. The number of hydrogen-bond acceptors (Lipinski definition) is 5. The molecule has 4 heterocycles. The first-order valence-electron chi connectivity index (χ1n) is 11.9. The number of likely N-dealkylation sites (tertiary alicyclic amines) is 1. The molecule has 172 valence electrons. The molecule has 0 spiro atoms. The fraction of sp³-hybridized carbons (Fsp3) is 0.480. The van der Waals surface area contributed by atoms with Gasteiger partial charge in [0.05, 0.1) is 17.3 Å². The van der Waals surface area contributed by atoms with E-state index >= 15 is 0 Å². The Labute approximate surface area is 191 Å². The van der Waals surface area contributed by atoms with Gasteiger partial charge in [0.2, 0.25) is 0 Å². The fourth-order valence-corrected chi connectivity index (χ4v) is 5.03. The maximum Gasteiger partial charge on any atom is 0.275 e. The molecule has 0 bridgehead atoms. The van der Waals surface area contributed by atoms with Crippen LogP contribution in [0.1, 0.15) is 65.5 Å². The second-order valence-electron chi connectivity index (χ2n) is 9.59. The minimum absolute atomic E-state index is 0.00161. The van der Waals surface area contributed by atoms with Crippen molar-refractivity contribution in [3.63, 3.8) is 0 Å². The van der Waals surface area contributed by atoms with E-state index in [4.69, 9.17) is 4.74 Å². The van der Waals surface area contributed by atoms with Crippen LogP contribution in [0.3, 0.4) is 0 Å². The lowest BCUT2D eigenvalue weighted by atomic mass is 9.98. The van der Waals surface area contributed by atoms with E-state index in [9.17, 15) is 9.59 Å². The van der Waals surface area contributed by atoms with Crippen LogP contribution in [0.2, 0.25) is 0 Å². The van der Waals surface area contributed by atoms with Crippen molar-refractivity contribution in [3.8, 4) is 0 Å². The van der Waals surface area contributed by atoms with Crippen molar-refractivity contribution in [1.82, 2.24) is 19.5 Å². The van der Waals surface area contributed by atoms with Gasteiger partial charge in [0.25, 0.3) is 11.5 Å². The summed E-state index contributed by atoms with van der Waals surface area (Å²) in [6, 6.07) is 9.47. The molecular weight excluding hydrogens is 418 g/mol. The van der Waals surface area contributed by atoms with Crippen LogP contribution in [-0.4, -0.2) is 44.3 Å². The summed E-state index contributed by atoms with van der Waals surface area (Å²) in [6.07, 6.45) is 5.59. The molecule has 3 unspecified atom stereocenters. The second kappa shape index (κ2) is 7.73. The summed E-state index contributed by atoms with van der Waals surface area (Å²) in [5.74, 6) is 0.667. The number of nitrogens with one attached hydrogen (secondary N) is 2. The Balaban J connectivity index is 1.30. The summed E-state index contributed by atoms with van der Waals surface area (Å²) < 4.78 is 7.29. The Morgan fingerprint density at radius 3 is 2.82 bits per heavy atom. The van der Waals surface area contributed by atoms with Crippen LogP contribution in [0, 0.1) is 19.8 Å². The highest BCUT2D eigenvalue weighted by Gasteiger charge is 2.49. The number of fused-ring (bicyclic) bond motifs is 1. The smallest absolute Gasteiger partial charge is 0.275 e. The zero-order chi connectivity index (χ0) is 22.7. The van der Waals surface area contributed by atoms with Crippen molar-refractivity contribution in [1.29, 1.82) is 0 Å². The average Bonchev–Trinajstić information content (AvgIpc) is 3.75. The lowest BCUT2D eigenvalue weighted by molar-refractivity contribution is 0.0606. The number of H-pyrrole nitrogens is 1. The minimum atomic E-state index is -0.127. The molecule has 2 saturated heterocycles. The average molecular weight is 448 g/mol. The number of carbonyl (C=O) groups is 1. The number of rotatable bonds is 5. The molecule has 33 heavy (non-hydrogen) atoms. The van der Waals surface area contributed by atoms with Crippen molar-refractivity contribution < 1.29 is 9.53 Å². The Hall–Kier alpha value is -3.13. The number of carbonyl (C=O) groups excluding carboxylic acids is 1. The molecule has 1 aliphatic carbocycles. The fourth-order valence-electron chi connectivity index (χ4n) is 5.03. The number of nitrogens with zero attached hydrogens (tertiary/aromatic N) is 3. The van der Waals surface area contributed by atoms with E-state index in [1.807, 2.05) is 42.2 Å². The molecule has 6 rings (SSSR count). The van der Waals surface area contributed by atoms with E-state index < -0.39 is 0 Å². The number of aromatic amines is 1. The lowest BCUT2D eigenvalue weighted by Gasteiger charge is -2.35. The molecule has 3 fully saturated rings.